The van der Waals surface area contributed by atoms with Crippen molar-refractivity contribution in [3.8, 4) is 0 Å². The van der Waals surface area contributed by atoms with E-state index in [4.69, 9.17) is 0 Å². The molecule has 21 nitrogen and oxygen atoms in total. The highest BCUT2D eigenvalue weighted by molar-refractivity contribution is 7.12. The number of carbonyl (C=O) groups excluding carboxylic acids is 10. The summed E-state index contributed by atoms with van der Waals surface area (Å²) in [6, 6.07) is -0.415. The van der Waals surface area contributed by atoms with E-state index in [0.29, 0.717) is 50.2 Å². The zero-order valence-corrected chi connectivity index (χ0v) is 49.8. The summed E-state index contributed by atoms with van der Waals surface area (Å²) in [5.41, 5.74) is -4.56. The standard InChI is InChI=1S/C55H95N11O10S/c1-16-17-18-19-20-21-24-39(60-47(71)40-25-22-30-64(40)49(73)42-26-23-32-77-42)46(70)58-35-45(69)66(38(6)7)55(12,13)52(76)59-34-44(68)65(37(4)5)41(33-36(2)3)48(72)61-54(10,11)51(75)62-53(8,9)50(74)57-28-27-43(67)56-29-31-63(14)15/h23,26,32,36-41H,16-22,24-25,27-31,33-35H2,1-15H3,(H,56,67)(H,57,74)(H,58,70)(H,59,76)(H,60,71)(H,61,72)(H,62,75)/t39-,40-,41-/m0/s1. The van der Waals surface area contributed by atoms with Crippen molar-refractivity contribution in [1.29, 1.82) is 0 Å². The Bertz CT molecular complexity index is 2140. The first-order chi connectivity index (χ1) is 35.9. The van der Waals surface area contributed by atoms with Crippen molar-refractivity contribution in [2.24, 2.45) is 5.92 Å². The number of nitrogens with zero attached hydrogens (tertiary/aromatic N) is 4. The normalized spacial score (nSPS) is 14.7. The number of rotatable bonds is 33. The van der Waals surface area contributed by atoms with Crippen molar-refractivity contribution in [1.82, 2.24) is 56.8 Å². The molecular weight excluding hydrogens is 1010 g/mol. The molecule has 0 bridgehead atoms. The van der Waals surface area contributed by atoms with Crippen molar-refractivity contribution < 1.29 is 47.9 Å². The van der Waals surface area contributed by atoms with Crippen LogP contribution in [0.3, 0.4) is 0 Å². The first kappa shape index (κ1) is 67.5. The van der Waals surface area contributed by atoms with Gasteiger partial charge < -0.3 is 56.8 Å². The van der Waals surface area contributed by atoms with E-state index in [9.17, 15) is 47.9 Å². The average Bonchev–Trinajstić information content (AvgIpc) is 4.06. The van der Waals surface area contributed by atoms with Gasteiger partial charge in [0.2, 0.25) is 53.2 Å². The highest BCUT2D eigenvalue weighted by atomic mass is 32.1. The molecule has 1 fully saturated rings. The van der Waals surface area contributed by atoms with E-state index < -0.39 is 107 Å². The minimum Gasteiger partial charge on any atom is -0.355 e. The molecule has 2 heterocycles. The van der Waals surface area contributed by atoms with Crippen molar-refractivity contribution in [2.45, 2.75) is 207 Å². The van der Waals surface area contributed by atoms with Gasteiger partial charge in [-0.15, -0.1) is 11.3 Å². The van der Waals surface area contributed by atoms with Crippen LogP contribution in [0, 0.1) is 5.92 Å². The third-order valence-electron chi connectivity index (χ3n) is 13.5. The molecule has 1 aliphatic rings. The van der Waals surface area contributed by atoms with E-state index in [1.165, 1.54) is 62.7 Å². The van der Waals surface area contributed by atoms with Gasteiger partial charge in [0.15, 0.2) is 0 Å². The van der Waals surface area contributed by atoms with Crippen LogP contribution in [0.2, 0.25) is 0 Å². The fraction of sp³-hybridized carbons (Fsp3) is 0.745. The van der Waals surface area contributed by atoms with E-state index in [0.717, 1.165) is 32.1 Å². The Morgan fingerprint density at radius 3 is 1.92 bits per heavy atom. The second-order valence-electron chi connectivity index (χ2n) is 23.0. The van der Waals surface area contributed by atoms with Crippen LogP contribution in [0.5, 0.6) is 0 Å². The summed E-state index contributed by atoms with van der Waals surface area (Å²) in [5.74, 6) is -5.27. The van der Waals surface area contributed by atoms with Crippen LogP contribution < -0.4 is 37.2 Å². The van der Waals surface area contributed by atoms with E-state index in [1.807, 2.05) is 32.8 Å². The van der Waals surface area contributed by atoms with Gasteiger partial charge in [0.05, 0.1) is 18.0 Å². The lowest BCUT2D eigenvalue weighted by atomic mass is 9.96. The Hall–Kier alpha value is -5.64. The van der Waals surface area contributed by atoms with Gasteiger partial charge in [-0.1, -0.05) is 65.4 Å². The maximum atomic E-state index is 14.2. The molecule has 0 spiro atoms. The van der Waals surface area contributed by atoms with Gasteiger partial charge >= 0.3 is 0 Å². The Morgan fingerprint density at radius 1 is 0.714 bits per heavy atom. The molecule has 22 heteroatoms. The predicted octanol–water partition coefficient (Wildman–Crippen LogP) is 3.46. The number of likely N-dealkylation sites (N-methyl/N-ethyl adjacent to an activating group) is 1. The molecule has 1 aliphatic heterocycles. The summed E-state index contributed by atoms with van der Waals surface area (Å²) in [6.45, 7) is 22.3. The molecule has 10 amide bonds. The number of thiophene rings is 1. The lowest BCUT2D eigenvalue weighted by Gasteiger charge is -2.41. The van der Waals surface area contributed by atoms with Gasteiger partial charge in [-0.3, -0.25) is 47.9 Å². The third kappa shape index (κ3) is 21.6. The van der Waals surface area contributed by atoms with Crippen LogP contribution >= 0.6 is 11.3 Å². The van der Waals surface area contributed by atoms with Gasteiger partial charge in [0.1, 0.15) is 34.7 Å². The van der Waals surface area contributed by atoms with Crippen LogP contribution in [0.1, 0.15) is 170 Å². The number of carbonyl (C=O) groups is 10. The molecule has 3 atom stereocenters. The fourth-order valence-corrected chi connectivity index (χ4v) is 9.94. The summed E-state index contributed by atoms with van der Waals surface area (Å²) in [5, 5.41) is 21.0. The fourth-order valence-electron chi connectivity index (χ4n) is 9.26. The second kappa shape index (κ2) is 31.7. The van der Waals surface area contributed by atoms with Crippen molar-refractivity contribution >= 4 is 70.4 Å². The van der Waals surface area contributed by atoms with Gasteiger partial charge in [-0.2, -0.15) is 0 Å². The highest BCUT2D eigenvalue weighted by Gasteiger charge is 2.43. The first-order valence-electron chi connectivity index (χ1n) is 27.6. The molecule has 0 radical (unpaired) electrons. The number of nitrogens with one attached hydrogen (secondary N) is 7. The summed E-state index contributed by atoms with van der Waals surface area (Å²) in [4.78, 5) is 143. The molecule has 436 valence electrons. The molecular formula is C55H95N11O10S. The lowest BCUT2D eigenvalue weighted by molar-refractivity contribution is -0.150. The minimum absolute atomic E-state index is 0.0413. The predicted molar refractivity (Wildman–Crippen MR) is 299 cm³/mol. The highest BCUT2D eigenvalue weighted by Crippen LogP contribution is 2.24. The molecule has 0 saturated carbocycles. The van der Waals surface area contributed by atoms with E-state index >= 15 is 0 Å². The molecule has 0 aromatic carbocycles. The van der Waals surface area contributed by atoms with Crippen LogP contribution in [0.25, 0.3) is 0 Å². The molecule has 0 unspecified atom stereocenters. The molecule has 7 N–H and O–H groups in total. The molecule has 2 rings (SSSR count). The number of likely N-dealkylation sites (tertiary alicyclic amines) is 1. The monoisotopic (exact) mass is 1100 g/mol. The zero-order chi connectivity index (χ0) is 58.4. The first-order valence-corrected chi connectivity index (χ1v) is 28.5. The van der Waals surface area contributed by atoms with Crippen LogP contribution in [0.15, 0.2) is 17.5 Å². The van der Waals surface area contributed by atoms with Gasteiger partial charge in [0.25, 0.3) is 5.91 Å². The topological polar surface area (TPSA) is 268 Å². The lowest BCUT2D eigenvalue weighted by Crippen LogP contribution is -2.65. The third-order valence-corrected chi connectivity index (χ3v) is 14.3. The summed E-state index contributed by atoms with van der Waals surface area (Å²) in [6.07, 6.45) is 7.35. The largest absolute Gasteiger partial charge is 0.355 e. The van der Waals surface area contributed by atoms with E-state index in [1.54, 1.807) is 50.1 Å². The van der Waals surface area contributed by atoms with Crippen molar-refractivity contribution in [3.63, 3.8) is 0 Å². The number of unbranched alkanes of at least 4 members (excludes halogenated alkanes) is 5. The molecule has 1 aromatic heterocycles. The van der Waals surface area contributed by atoms with Crippen LogP contribution in [-0.2, 0) is 43.2 Å². The summed E-state index contributed by atoms with van der Waals surface area (Å²) in [7, 11) is 3.78. The SMILES string of the molecule is CCCCCCCC[C@H](NC(=O)[C@@H]1CCCN1C(=O)c1cccs1)C(=O)NCC(=O)N(C(C)C)C(C)(C)C(=O)NCC(=O)N(C(C)C)[C@@H](CC(C)C)C(=O)NC(C)(C)C(=O)NC(C)(C)C(=O)NCCC(=O)NCCN(C)C. The molecule has 1 saturated heterocycles. The van der Waals surface area contributed by atoms with Crippen LogP contribution in [-0.4, -0.2) is 179 Å². The number of hydrogen-bond acceptors (Lipinski definition) is 12. The van der Waals surface area contributed by atoms with Gasteiger partial charge in [0, 0.05) is 44.7 Å². The second-order valence-corrected chi connectivity index (χ2v) is 23.9. The Labute approximate surface area is 462 Å². The number of hydrogen-bond donors (Lipinski definition) is 7. The number of amides is 10. The Kier molecular flexibility index (Phi) is 27.8. The van der Waals surface area contributed by atoms with E-state index in [-0.39, 0.29) is 37.1 Å². The summed E-state index contributed by atoms with van der Waals surface area (Å²) < 4.78 is 0. The summed E-state index contributed by atoms with van der Waals surface area (Å²) >= 11 is 1.30. The van der Waals surface area contributed by atoms with Crippen molar-refractivity contribution in [3.05, 3.63) is 22.4 Å². The average molecular weight is 1100 g/mol. The van der Waals surface area contributed by atoms with Crippen LogP contribution in [0.4, 0.5) is 0 Å². The van der Waals surface area contributed by atoms with Gasteiger partial charge in [-0.05, 0) is 126 Å². The Morgan fingerprint density at radius 2 is 1.34 bits per heavy atom. The molecule has 0 aliphatic carbocycles. The minimum atomic E-state index is -1.57. The molecule has 77 heavy (non-hydrogen) atoms. The van der Waals surface area contributed by atoms with Crippen molar-refractivity contribution in [2.75, 3.05) is 53.4 Å². The Balaban J connectivity index is 2.18. The zero-order valence-electron chi connectivity index (χ0n) is 49.0. The smallest absolute Gasteiger partial charge is 0.264 e. The molecule has 1 aromatic rings. The maximum absolute atomic E-state index is 14.2. The quantitative estimate of drug-likeness (QED) is 0.0501. The van der Waals surface area contributed by atoms with E-state index in [2.05, 4.69) is 44.1 Å². The van der Waals surface area contributed by atoms with Gasteiger partial charge in [-0.25, -0.2) is 0 Å². The maximum Gasteiger partial charge on any atom is 0.264 e.